The number of amides is 2. The van der Waals surface area contributed by atoms with Crippen LogP contribution in [0, 0.1) is 23.2 Å². The fourth-order valence-corrected chi connectivity index (χ4v) is 8.54. The summed E-state index contributed by atoms with van der Waals surface area (Å²) in [5, 5.41) is 20.9. The van der Waals surface area contributed by atoms with Gasteiger partial charge in [0.15, 0.2) is 0 Å². The number of aliphatic hydroxyl groups excluding tert-OH is 1. The van der Waals surface area contributed by atoms with E-state index >= 15 is 0 Å². The quantitative estimate of drug-likeness (QED) is 0.376. The summed E-state index contributed by atoms with van der Waals surface area (Å²) in [7, 11) is 0. The highest BCUT2D eigenvalue weighted by Crippen LogP contribution is 2.60. The van der Waals surface area contributed by atoms with Gasteiger partial charge >= 0.3 is 0 Å². The molecule has 1 unspecified atom stereocenters. The van der Waals surface area contributed by atoms with E-state index in [1.807, 2.05) is 13.8 Å². The Morgan fingerprint density at radius 2 is 1.79 bits per heavy atom. The highest BCUT2D eigenvalue weighted by Gasteiger charge is 2.50. The minimum Gasteiger partial charge on any atom is -0.393 e. The number of hydrogen-bond acceptors (Lipinski definition) is 4. The molecule has 1 aliphatic heterocycles. The average molecular weight is 534 g/mol. The highest BCUT2D eigenvalue weighted by molar-refractivity contribution is 6.21. The number of hydrogen-bond donors (Lipinski definition) is 2. The molecule has 0 bridgehead atoms. The Labute approximate surface area is 234 Å². The van der Waals surface area contributed by atoms with Crippen LogP contribution in [0.4, 0.5) is 0 Å². The topological polar surface area (TPSA) is 77.8 Å². The number of benzene rings is 1. The van der Waals surface area contributed by atoms with Gasteiger partial charge in [0.05, 0.1) is 22.8 Å². The Morgan fingerprint density at radius 1 is 1.10 bits per heavy atom. The first-order valence-corrected chi connectivity index (χ1v) is 15.2. The Kier molecular flexibility index (Phi) is 7.96. The first-order valence-electron chi connectivity index (χ1n) is 15.2. The van der Waals surface area contributed by atoms with Crippen LogP contribution >= 0.6 is 0 Å². The van der Waals surface area contributed by atoms with Crippen molar-refractivity contribution in [1.82, 2.24) is 4.90 Å². The minimum absolute atomic E-state index is 0.232. The molecule has 4 aliphatic rings. The van der Waals surface area contributed by atoms with Gasteiger partial charge in [-0.1, -0.05) is 62.1 Å². The minimum atomic E-state index is -0.582. The highest BCUT2D eigenvalue weighted by atomic mass is 16.3. The number of fused-ring (bicyclic) bond motifs is 2. The van der Waals surface area contributed by atoms with Gasteiger partial charge < -0.3 is 10.2 Å². The average Bonchev–Trinajstić information content (AvgIpc) is 3.35. The van der Waals surface area contributed by atoms with E-state index in [1.165, 1.54) is 37.0 Å². The van der Waals surface area contributed by atoms with E-state index in [-0.39, 0.29) is 17.9 Å². The second-order valence-corrected chi connectivity index (χ2v) is 13.8. The van der Waals surface area contributed by atoms with Gasteiger partial charge in [-0.05, 0) is 107 Å². The molecular weight excluding hydrogens is 486 g/mol. The van der Waals surface area contributed by atoms with Gasteiger partial charge in [-0.25, -0.2) is 0 Å². The lowest BCUT2D eigenvalue weighted by Crippen LogP contribution is -2.44. The van der Waals surface area contributed by atoms with Gasteiger partial charge in [-0.15, -0.1) is 0 Å². The van der Waals surface area contributed by atoms with Gasteiger partial charge in [0, 0.05) is 6.04 Å². The Bertz CT molecular complexity index is 1120. The van der Waals surface area contributed by atoms with Crippen molar-refractivity contribution < 1.29 is 19.8 Å². The largest absolute Gasteiger partial charge is 0.393 e. The van der Waals surface area contributed by atoms with Crippen molar-refractivity contribution in [2.24, 2.45) is 23.2 Å². The number of nitrogens with zero attached hydrogens (tertiary/aromatic N) is 1. The van der Waals surface area contributed by atoms with E-state index in [0.29, 0.717) is 47.6 Å². The van der Waals surface area contributed by atoms with Crippen LogP contribution in [0.1, 0.15) is 119 Å². The molecule has 1 heterocycles. The Balaban J connectivity index is 1.28. The normalized spacial score (nSPS) is 34.1. The third-order valence-corrected chi connectivity index (χ3v) is 10.4. The summed E-state index contributed by atoms with van der Waals surface area (Å²) in [6.07, 6.45) is 14.9. The Hall–Kier alpha value is -2.24. The van der Waals surface area contributed by atoms with Crippen LogP contribution < -0.4 is 0 Å². The summed E-state index contributed by atoms with van der Waals surface area (Å²) in [6, 6.07) is 6.73. The van der Waals surface area contributed by atoms with E-state index in [4.69, 9.17) is 0 Å². The SMILES string of the molecule is C[C@H](CCCC(C)(C)O)[C@H]1CC[C@H]2/C(=C/C=C3\CC(N4C(=O)c5ccccc5C4=O)C[C@H](O)C3)CCC[C@]12C. The number of carbonyl (C=O) groups excluding carboxylic acids is 2. The second-order valence-electron chi connectivity index (χ2n) is 13.8. The van der Waals surface area contributed by atoms with Gasteiger partial charge in [0.2, 0.25) is 0 Å². The van der Waals surface area contributed by atoms with Gasteiger partial charge in [-0.2, -0.15) is 0 Å². The van der Waals surface area contributed by atoms with E-state index in [9.17, 15) is 19.8 Å². The van der Waals surface area contributed by atoms with Gasteiger partial charge in [0.25, 0.3) is 11.8 Å². The van der Waals surface area contributed by atoms with E-state index in [2.05, 4.69) is 26.0 Å². The molecule has 5 nitrogen and oxygen atoms in total. The summed E-state index contributed by atoms with van der Waals surface area (Å²) in [6.45, 7) is 8.76. The Morgan fingerprint density at radius 3 is 2.46 bits per heavy atom. The van der Waals surface area contributed by atoms with Gasteiger partial charge in [0.1, 0.15) is 0 Å². The van der Waals surface area contributed by atoms with Crippen LogP contribution in [0.5, 0.6) is 0 Å². The molecule has 1 aromatic carbocycles. The zero-order valence-electron chi connectivity index (χ0n) is 24.3. The molecule has 0 spiro atoms. The molecule has 212 valence electrons. The maximum Gasteiger partial charge on any atom is 0.261 e. The van der Waals surface area contributed by atoms with Crippen molar-refractivity contribution in [3.63, 3.8) is 0 Å². The molecule has 2 amide bonds. The maximum atomic E-state index is 13.1. The number of rotatable bonds is 7. The molecular formula is C34H47NO4. The molecule has 3 saturated carbocycles. The molecule has 2 N–H and O–H groups in total. The molecule has 39 heavy (non-hydrogen) atoms. The zero-order valence-corrected chi connectivity index (χ0v) is 24.3. The van der Waals surface area contributed by atoms with Crippen LogP contribution in [-0.2, 0) is 0 Å². The van der Waals surface area contributed by atoms with Crippen LogP contribution in [-0.4, -0.2) is 44.7 Å². The molecule has 1 aromatic rings. The fraction of sp³-hybridized carbons (Fsp3) is 0.647. The summed E-state index contributed by atoms with van der Waals surface area (Å²) >= 11 is 0. The molecule has 6 atom stereocenters. The second kappa shape index (κ2) is 11.0. The van der Waals surface area contributed by atoms with Crippen LogP contribution in [0.15, 0.2) is 47.6 Å². The van der Waals surface area contributed by atoms with Crippen molar-refractivity contribution >= 4 is 11.8 Å². The number of carbonyl (C=O) groups is 2. The molecule has 0 aromatic heterocycles. The van der Waals surface area contributed by atoms with Crippen molar-refractivity contribution in [3.8, 4) is 0 Å². The van der Waals surface area contributed by atoms with E-state index < -0.39 is 11.7 Å². The third kappa shape index (κ3) is 5.67. The predicted octanol–water partition coefficient (Wildman–Crippen LogP) is 6.84. The molecule has 3 aliphatic carbocycles. The van der Waals surface area contributed by atoms with E-state index in [0.717, 1.165) is 30.8 Å². The first kappa shape index (κ1) is 28.3. The standard InChI is InChI=1S/C34H47NO4/c1-22(9-7-17-33(2,3)39)29-15-16-30-24(10-8-18-34(29,30)4)14-13-23-19-25(21-26(36)20-23)35-31(37)27-11-5-6-12-28(27)32(35)38/h5-6,11-14,22,25-26,29-30,36,39H,7-10,15-21H2,1-4H3/b23-13+,24-14+/t22-,25?,26-,29-,30+,34-/m1/s1. The number of imide groups is 1. The summed E-state index contributed by atoms with van der Waals surface area (Å²) in [5.41, 5.74) is 3.36. The first-order chi connectivity index (χ1) is 18.5. The van der Waals surface area contributed by atoms with Crippen molar-refractivity contribution in [2.75, 3.05) is 0 Å². The summed E-state index contributed by atoms with van der Waals surface area (Å²) < 4.78 is 0. The van der Waals surface area contributed by atoms with E-state index in [1.54, 1.807) is 29.8 Å². The summed E-state index contributed by atoms with van der Waals surface area (Å²) in [5.74, 6) is 1.52. The molecule has 0 saturated heterocycles. The van der Waals surface area contributed by atoms with Gasteiger partial charge in [-0.3, -0.25) is 14.5 Å². The monoisotopic (exact) mass is 533 g/mol. The lowest BCUT2D eigenvalue weighted by atomic mass is 9.60. The zero-order chi connectivity index (χ0) is 27.9. The summed E-state index contributed by atoms with van der Waals surface area (Å²) in [4.78, 5) is 27.5. The van der Waals surface area contributed by atoms with Crippen LogP contribution in [0.2, 0.25) is 0 Å². The molecule has 3 fully saturated rings. The number of allylic oxidation sites excluding steroid dienone is 3. The lowest BCUT2D eigenvalue weighted by molar-refractivity contribution is 0.0472. The predicted molar refractivity (Wildman–Crippen MR) is 154 cm³/mol. The van der Waals surface area contributed by atoms with Crippen molar-refractivity contribution in [1.29, 1.82) is 0 Å². The fourth-order valence-electron chi connectivity index (χ4n) is 8.54. The molecule has 0 radical (unpaired) electrons. The lowest BCUT2D eigenvalue weighted by Gasteiger charge is -2.44. The third-order valence-electron chi connectivity index (χ3n) is 10.4. The van der Waals surface area contributed by atoms with Crippen LogP contribution in [0.3, 0.4) is 0 Å². The number of aliphatic hydroxyl groups is 2. The molecule has 5 heteroatoms. The smallest absolute Gasteiger partial charge is 0.261 e. The van der Waals surface area contributed by atoms with Crippen molar-refractivity contribution in [3.05, 3.63) is 58.7 Å². The van der Waals surface area contributed by atoms with Crippen LogP contribution in [0.25, 0.3) is 0 Å². The maximum absolute atomic E-state index is 13.1. The molecule has 5 rings (SSSR count). The van der Waals surface area contributed by atoms with Crippen molar-refractivity contribution in [2.45, 2.75) is 116 Å².